The minimum atomic E-state index is -1.11. The van der Waals surface area contributed by atoms with E-state index in [4.69, 9.17) is 0 Å². The molecule has 0 aliphatic carbocycles. The fourth-order valence-electron chi connectivity index (χ4n) is 2.22. The zero-order valence-electron chi connectivity index (χ0n) is 11.2. The van der Waals surface area contributed by atoms with Crippen molar-refractivity contribution in [2.45, 2.75) is 19.3 Å². The molecule has 2 rings (SSSR count). The van der Waals surface area contributed by atoms with Gasteiger partial charge in [0.1, 0.15) is 11.5 Å². The molecule has 1 unspecified atom stereocenters. The van der Waals surface area contributed by atoms with Crippen LogP contribution in [0.1, 0.15) is 40.7 Å². The first kappa shape index (κ1) is 15.1. The Morgan fingerprint density at radius 2 is 2.00 bits per heavy atom. The van der Waals surface area contributed by atoms with Crippen LogP contribution in [0.15, 0.2) is 29.0 Å². The minimum Gasteiger partial charge on any atom is -0.508 e. The third-order valence-electron chi connectivity index (χ3n) is 3.22. The highest BCUT2D eigenvalue weighted by atomic mass is 32.1. The molecular weight excluding hydrogens is 292 g/mol. The molecule has 0 bridgehead atoms. The fourth-order valence-corrected chi connectivity index (χ4v) is 2.86. The first-order chi connectivity index (χ1) is 9.95. The molecule has 1 aromatic heterocycles. The van der Waals surface area contributed by atoms with Gasteiger partial charge in [-0.05, 0) is 29.5 Å². The van der Waals surface area contributed by atoms with Crippen LogP contribution in [0.3, 0.4) is 0 Å². The van der Waals surface area contributed by atoms with Gasteiger partial charge in [-0.25, -0.2) is 0 Å². The lowest BCUT2D eigenvalue weighted by Gasteiger charge is -2.16. The van der Waals surface area contributed by atoms with Crippen molar-refractivity contribution in [3.63, 3.8) is 0 Å². The molecule has 6 heteroatoms. The predicted octanol–water partition coefficient (Wildman–Crippen LogP) is 2.97. The summed E-state index contributed by atoms with van der Waals surface area (Å²) in [6.45, 7) is 1.67. The zero-order valence-corrected chi connectivity index (χ0v) is 12.1. The second-order valence-corrected chi connectivity index (χ2v) is 5.35. The van der Waals surface area contributed by atoms with Gasteiger partial charge in [-0.3, -0.25) is 9.59 Å². The molecule has 0 amide bonds. The number of ketones is 1. The molecule has 5 nitrogen and oxygen atoms in total. The number of carbonyl (C=O) groups excluding carboxylic acids is 1. The van der Waals surface area contributed by atoms with Crippen LogP contribution in [0.4, 0.5) is 0 Å². The minimum absolute atomic E-state index is 0.0690. The molecule has 1 aromatic carbocycles. The number of thiophene rings is 1. The number of phenols is 2. The summed E-state index contributed by atoms with van der Waals surface area (Å²) in [6, 6.07) is 3.87. The fraction of sp³-hybridized carbons (Fsp3) is 0.200. The van der Waals surface area contributed by atoms with Crippen LogP contribution in [0.2, 0.25) is 0 Å². The number of carboxylic acids is 1. The lowest BCUT2D eigenvalue weighted by Crippen LogP contribution is -2.15. The number of aliphatic carboxylic acids is 1. The number of hydrogen-bond acceptors (Lipinski definition) is 5. The highest BCUT2D eigenvalue weighted by Gasteiger charge is 2.27. The van der Waals surface area contributed by atoms with Gasteiger partial charge in [-0.1, -0.05) is 6.92 Å². The predicted molar refractivity (Wildman–Crippen MR) is 78.2 cm³/mol. The van der Waals surface area contributed by atoms with E-state index in [1.807, 2.05) is 0 Å². The summed E-state index contributed by atoms with van der Waals surface area (Å²) in [5.74, 6) is -3.23. The van der Waals surface area contributed by atoms with E-state index in [0.29, 0.717) is 5.56 Å². The Labute approximate surface area is 125 Å². The van der Waals surface area contributed by atoms with E-state index < -0.39 is 23.4 Å². The molecule has 1 atom stereocenters. The molecule has 3 N–H and O–H groups in total. The third kappa shape index (κ3) is 2.90. The van der Waals surface area contributed by atoms with Crippen molar-refractivity contribution in [2.75, 3.05) is 0 Å². The Balaban J connectivity index is 2.64. The molecule has 0 saturated carbocycles. The van der Waals surface area contributed by atoms with Gasteiger partial charge in [0.05, 0.1) is 11.5 Å². The van der Waals surface area contributed by atoms with Crippen LogP contribution in [-0.4, -0.2) is 27.1 Å². The van der Waals surface area contributed by atoms with E-state index >= 15 is 0 Å². The smallest absolute Gasteiger partial charge is 0.310 e. The number of phenolic OH excluding ortho intramolecular Hbond substituents is 2. The Morgan fingerprint density at radius 1 is 1.29 bits per heavy atom. The Morgan fingerprint density at radius 3 is 2.52 bits per heavy atom. The molecule has 0 spiro atoms. The summed E-state index contributed by atoms with van der Waals surface area (Å²) >= 11 is 1.33. The summed E-state index contributed by atoms with van der Waals surface area (Å²) in [5.41, 5.74) is 0.432. The SMILES string of the molecule is CCC(C(=O)O)c1cc(O)cc(O)c1C(=O)c1ccsc1. The van der Waals surface area contributed by atoms with Crippen molar-refractivity contribution in [1.82, 2.24) is 0 Å². The first-order valence-electron chi connectivity index (χ1n) is 6.31. The Hall–Kier alpha value is -2.34. The van der Waals surface area contributed by atoms with Gasteiger partial charge in [0, 0.05) is 17.0 Å². The van der Waals surface area contributed by atoms with E-state index in [1.54, 1.807) is 23.8 Å². The van der Waals surface area contributed by atoms with E-state index in [1.165, 1.54) is 17.4 Å². The molecule has 2 aromatic rings. The van der Waals surface area contributed by atoms with Crippen LogP contribution >= 0.6 is 11.3 Å². The van der Waals surface area contributed by atoms with Gasteiger partial charge in [-0.2, -0.15) is 11.3 Å². The summed E-state index contributed by atoms with van der Waals surface area (Å²) < 4.78 is 0. The lowest BCUT2D eigenvalue weighted by atomic mass is 9.88. The maximum Gasteiger partial charge on any atom is 0.310 e. The number of hydrogen-bond donors (Lipinski definition) is 3. The number of carboxylic acid groups (broad SMARTS) is 1. The maximum absolute atomic E-state index is 12.5. The molecule has 110 valence electrons. The maximum atomic E-state index is 12.5. The number of carbonyl (C=O) groups is 2. The van der Waals surface area contributed by atoms with Crippen molar-refractivity contribution < 1.29 is 24.9 Å². The summed E-state index contributed by atoms with van der Waals surface area (Å²) in [6.07, 6.45) is 0.238. The first-order valence-corrected chi connectivity index (χ1v) is 7.25. The van der Waals surface area contributed by atoms with E-state index in [-0.39, 0.29) is 23.3 Å². The van der Waals surface area contributed by atoms with Crippen LogP contribution < -0.4 is 0 Å². The van der Waals surface area contributed by atoms with E-state index in [9.17, 15) is 24.9 Å². The molecule has 0 aliphatic heterocycles. The van der Waals surface area contributed by atoms with Crippen LogP contribution in [-0.2, 0) is 4.79 Å². The largest absolute Gasteiger partial charge is 0.508 e. The molecule has 1 heterocycles. The second kappa shape index (κ2) is 5.97. The van der Waals surface area contributed by atoms with Crippen LogP contribution in [0.25, 0.3) is 0 Å². The van der Waals surface area contributed by atoms with Crippen molar-refractivity contribution in [2.24, 2.45) is 0 Å². The summed E-state index contributed by atoms with van der Waals surface area (Å²) in [7, 11) is 0. The normalized spacial score (nSPS) is 12.0. The van der Waals surface area contributed by atoms with Gasteiger partial charge in [0.25, 0.3) is 0 Å². The van der Waals surface area contributed by atoms with Crippen LogP contribution in [0.5, 0.6) is 11.5 Å². The Kier molecular flexibility index (Phi) is 4.28. The number of rotatable bonds is 5. The van der Waals surface area contributed by atoms with Crippen LogP contribution in [0, 0.1) is 0 Å². The van der Waals surface area contributed by atoms with Gasteiger partial charge < -0.3 is 15.3 Å². The van der Waals surface area contributed by atoms with Gasteiger partial charge in [0.15, 0.2) is 5.78 Å². The van der Waals surface area contributed by atoms with Crippen molar-refractivity contribution >= 4 is 23.1 Å². The highest BCUT2D eigenvalue weighted by molar-refractivity contribution is 7.08. The molecule has 0 aliphatic rings. The highest BCUT2D eigenvalue weighted by Crippen LogP contribution is 2.35. The number of aromatic hydroxyl groups is 2. The van der Waals surface area contributed by atoms with Crippen molar-refractivity contribution in [1.29, 1.82) is 0 Å². The van der Waals surface area contributed by atoms with Crippen molar-refractivity contribution in [3.8, 4) is 11.5 Å². The average Bonchev–Trinajstić information content (AvgIpc) is 2.91. The molecular formula is C15H14O5S. The molecule has 21 heavy (non-hydrogen) atoms. The third-order valence-corrected chi connectivity index (χ3v) is 3.91. The second-order valence-electron chi connectivity index (χ2n) is 4.57. The van der Waals surface area contributed by atoms with Gasteiger partial charge in [-0.15, -0.1) is 0 Å². The average molecular weight is 306 g/mol. The molecule has 0 saturated heterocycles. The summed E-state index contributed by atoms with van der Waals surface area (Å²) in [5, 5.41) is 32.2. The molecule has 0 fully saturated rings. The van der Waals surface area contributed by atoms with E-state index in [0.717, 1.165) is 6.07 Å². The quantitative estimate of drug-likeness (QED) is 0.738. The van der Waals surface area contributed by atoms with E-state index in [2.05, 4.69) is 0 Å². The standard InChI is InChI=1S/C15H14O5S/c1-2-10(15(19)20)11-5-9(16)6-12(17)13(11)14(18)8-3-4-21-7-8/h3-7,10,16-17H,2H2,1H3,(H,19,20). The number of benzene rings is 1. The van der Waals surface area contributed by atoms with Gasteiger partial charge >= 0.3 is 5.97 Å². The summed E-state index contributed by atoms with van der Waals surface area (Å²) in [4.78, 5) is 23.8. The van der Waals surface area contributed by atoms with Crippen molar-refractivity contribution in [3.05, 3.63) is 45.6 Å². The van der Waals surface area contributed by atoms with Gasteiger partial charge in [0.2, 0.25) is 0 Å². The lowest BCUT2D eigenvalue weighted by molar-refractivity contribution is -0.138. The zero-order chi connectivity index (χ0) is 15.6. The molecule has 0 radical (unpaired) electrons. The topological polar surface area (TPSA) is 94.8 Å². The Bertz CT molecular complexity index is 676. The monoisotopic (exact) mass is 306 g/mol.